The van der Waals surface area contributed by atoms with Crippen LogP contribution in [0.15, 0.2) is 24.3 Å². The molecule has 1 aliphatic rings. The molecule has 0 bridgehead atoms. The first-order chi connectivity index (χ1) is 7.81. The van der Waals surface area contributed by atoms with Crippen molar-refractivity contribution in [3.63, 3.8) is 0 Å². The molecule has 0 saturated heterocycles. The van der Waals surface area contributed by atoms with Gasteiger partial charge in [-0.2, -0.15) is 11.8 Å². The van der Waals surface area contributed by atoms with Crippen molar-refractivity contribution in [1.29, 1.82) is 0 Å². The maximum Gasteiger partial charge on any atom is 0.0359 e. The summed E-state index contributed by atoms with van der Waals surface area (Å²) >= 11 is 1.92. The Kier molecular flexibility index (Phi) is 4.13. The molecule has 1 aliphatic carbocycles. The van der Waals surface area contributed by atoms with Gasteiger partial charge in [0.15, 0.2) is 0 Å². The summed E-state index contributed by atoms with van der Waals surface area (Å²) in [5.74, 6) is 1.21. The zero-order chi connectivity index (χ0) is 11.4. The third kappa shape index (κ3) is 3.16. The number of rotatable bonds is 6. The first kappa shape index (κ1) is 11.8. The van der Waals surface area contributed by atoms with Gasteiger partial charge in [-0.05, 0) is 30.7 Å². The fourth-order valence-electron chi connectivity index (χ4n) is 1.94. The Morgan fingerprint density at radius 3 is 2.75 bits per heavy atom. The van der Waals surface area contributed by atoms with Gasteiger partial charge >= 0.3 is 0 Å². The second kappa shape index (κ2) is 5.60. The van der Waals surface area contributed by atoms with E-state index in [2.05, 4.69) is 23.3 Å². The summed E-state index contributed by atoms with van der Waals surface area (Å²) in [6, 6.07) is 9.03. The van der Waals surface area contributed by atoms with Gasteiger partial charge in [0, 0.05) is 30.6 Å². The molecule has 0 aromatic heterocycles. The topological polar surface area (TPSA) is 29.3 Å². The van der Waals surface area contributed by atoms with E-state index in [1.807, 2.05) is 23.9 Å². The first-order valence-corrected chi connectivity index (χ1v) is 7.27. The van der Waals surface area contributed by atoms with Crippen molar-refractivity contribution in [1.82, 2.24) is 4.90 Å². The number of anilines is 1. The molecule has 16 heavy (non-hydrogen) atoms. The molecule has 1 aromatic rings. The Balaban J connectivity index is 1.97. The Morgan fingerprint density at radius 1 is 1.38 bits per heavy atom. The molecule has 0 spiro atoms. The number of hydrogen-bond donors (Lipinski definition) is 1. The van der Waals surface area contributed by atoms with Crippen molar-refractivity contribution in [3.05, 3.63) is 29.8 Å². The molecule has 0 unspecified atom stereocenters. The molecule has 1 aromatic carbocycles. The van der Waals surface area contributed by atoms with Gasteiger partial charge < -0.3 is 5.73 Å². The number of hydrogen-bond acceptors (Lipinski definition) is 3. The lowest BCUT2D eigenvalue weighted by molar-refractivity contribution is 0.272. The SMILES string of the molecule is CSCCN(Cc1ccccc1N)C1CC1. The normalized spacial score (nSPS) is 15.6. The van der Waals surface area contributed by atoms with Crippen LogP contribution in [0.5, 0.6) is 0 Å². The molecule has 88 valence electrons. The second-order valence-corrected chi connectivity index (χ2v) is 5.38. The molecule has 0 aliphatic heterocycles. The lowest BCUT2D eigenvalue weighted by Gasteiger charge is -2.22. The van der Waals surface area contributed by atoms with Crippen LogP contribution in [0, 0.1) is 0 Å². The summed E-state index contributed by atoms with van der Waals surface area (Å²) in [6.45, 7) is 2.19. The van der Waals surface area contributed by atoms with Crippen LogP contribution in [-0.2, 0) is 6.54 Å². The van der Waals surface area contributed by atoms with Crippen LogP contribution in [0.25, 0.3) is 0 Å². The summed E-state index contributed by atoms with van der Waals surface area (Å²) in [4.78, 5) is 2.57. The maximum atomic E-state index is 5.99. The quantitative estimate of drug-likeness (QED) is 0.770. The minimum atomic E-state index is 0.812. The molecule has 1 saturated carbocycles. The zero-order valence-corrected chi connectivity index (χ0v) is 10.7. The predicted octanol–water partition coefficient (Wildman–Crippen LogP) is 2.60. The van der Waals surface area contributed by atoms with Crippen molar-refractivity contribution in [3.8, 4) is 0 Å². The van der Waals surface area contributed by atoms with E-state index in [0.29, 0.717) is 0 Å². The highest BCUT2D eigenvalue weighted by molar-refractivity contribution is 7.98. The van der Waals surface area contributed by atoms with Crippen LogP contribution < -0.4 is 5.73 Å². The van der Waals surface area contributed by atoms with Gasteiger partial charge in [-0.25, -0.2) is 0 Å². The Morgan fingerprint density at radius 2 is 2.12 bits per heavy atom. The van der Waals surface area contributed by atoms with Crippen LogP contribution in [0.3, 0.4) is 0 Å². The highest BCUT2D eigenvalue weighted by atomic mass is 32.2. The minimum absolute atomic E-state index is 0.812. The number of thioether (sulfide) groups is 1. The third-order valence-corrected chi connectivity index (χ3v) is 3.67. The fraction of sp³-hybridized carbons (Fsp3) is 0.538. The van der Waals surface area contributed by atoms with Crippen LogP contribution in [0.2, 0.25) is 0 Å². The summed E-state index contributed by atoms with van der Waals surface area (Å²) in [7, 11) is 0. The van der Waals surface area contributed by atoms with Crippen molar-refractivity contribution < 1.29 is 0 Å². The van der Waals surface area contributed by atoms with E-state index in [-0.39, 0.29) is 0 Å². The number of nitrogens with zero attached hydrogens (tertiary/aromatic N) is 1. The summed E-state index contributed by atoms with van der Waals surface area (Å²) < 4.78 is 0. The van der Waals surface area contributed by atoms with Gasteiger partial charge in [0.1, 0.15) is 0 Å². The van der Waals surface area contributed by atoms with Crippen LogP contribution in [-0.4, -0.2) is 29.5 Å². The van der Waals surface area contributed by atoms with Gasteiger partial charge in [-0.15, -0.1) is 0 Å². The third-order valence-electron chi connectivity index (χ3n) is 3.07. The molecular weight excluding hydrogens is 216 g/mol. The molecule has 3 heteroatoms. The largest absolute Gasteiger partial charge is 0.398 e. The van der Waals surface area contributed by atoms with Crippen LogP contribution in [0.1, 0.15) is 18.4 Å². The predicted molar refractivity (Wildman–Crippen MR) is 72.7 cm³/mol. The van der Waals surface area contributed by atoms with E-state index in [4.69, 9.17) is 5.73 Å². The smallest absolute Gasteiger partial charge is 0.0359 e. The second-order valence-electron chi connectivity index (χ2n) is 4.39. The number of para-hydroxylation sites is 1. The molecule has 2 nitrogen and oxygen atoms in total. The van der Waals surface area contributed by atoms with Gasteiger partial charge in [0.25, 0.3) is 0 Å². The molecule has 0 atom stereocenters. The van der Waals surface area contributed by atoms with E-state index in [1.54, 1.807) is 0 Å². The van der Waals surface area contributed by atoms with E-state index < -0.39 is 0 Å². The number of benzene rings is 1. The van der Waals surface area contributed by atoms with Gasteiger partial charge in [0.2, 0.25) is 0 Å². The van der Waals surface area contributed by atoms with E-state index in [0.717, 1.165) is 18.3 Å². The highest BCUT2D eigenvalue weighted by Gasteiger charge is 2.28. The summed E-state index contributed by atoms with van der Waals surface area (Å²) in [5.41, 5.74) is 8.19. The molecule has 2 N–H and O–H groups in total. The standard InChI is InChI=1S/C13H20N2S/c1-16-9-8-15(12-6-7-12)10-11-4-2-3-5-13(11)14/h2-5,12H,6-10,14H2,1H3. The summed E-state index contributed by atoms with van der Waals surface area (Å²) in [6.07, 6.45) is 4.89. The minimum Gasteiger partial charge on any atom is -0.398 e. The molecule has 0 radical (unpaired) electrons. The van der Waals surface area contributed by atoms with Crippen molar-refractivity contribution >= 4 is 17.4 Å². The van der Waals surface area contributed by atoms with Gasteiger partial charge in [-0.3, -0.25) is 4.90 Å². The van der Waals surface area contributed by atoms with Crippen molar-refractivity contribution in [2.24, 2.45) is 0 Å². The van der Waals surface area contributed by atoms with E-state index in [9.17, 15) is 0 Å². The van der Waals surface area contributed by atoms with E-state index >= 15 is 0 Å². The van der Waals surface area contributed by atoms with E-state index in [1.165, 1.54) is 30.7 Å². The number of nitrogens with two attached hydrogens (primary N) is 1. The van der Waals surface area contributed by atoms with Crippen molar-refractivity contribution in [2.45, 2.75) is 25.4 Å². The fourth-order valence-corrected chi connectivity index (χ4v) is 2.35. The lowest BCUT2D eigenvalue weighted by atomic mass is 10.1. The Hall–Kier alpha value is -0.670. The Bertz CT molecular complexity index is 336. The van der Waals surface area contributed by atoms with Gasteiger partial charge in [-0.1, -0.05) is 18.2 Å². The monoisotopic (exact) mass is 236 g/mol. The summed E-state index contributed by atoms with van der Waals surface area (Å²) in [5, 5.41) is 0. The van der Waals surface area contributed by atoms with Crippen molar-refractivity contribution in [2.75, 3.05) is 24.3 Å². The number of nitrogen functional groups attached to an aromatic ring is 1. The average molecular weight is 236 g/mol. The Labute approximate surface area is 102 Å². The molecule has 1 fully saturated rings. The maximum absolute atomic E-state index is 5.99. The zero-order valence-electron chi connectivity index (χ0n) is 9.86. The molecule has 0 amide bonds. The lowest BCUT2D eigenvalue weighted by Crippen LogP contribution is -2.28. The van der Waals surface area contributed by atoms with Crippen LogP contribution in [0.4, 0.5) is 5.69 Å². The van der Waals surface area contributed by atoms with Crippen LogP contribution >= 0.6 is 11.8 Å². The molecular formula is C13H20N2S. The first-order valence-electron chi connectivity index (χ1n) is 5.87. The average Bonchev–Trinajstić information content (AvgIpc) is 3.10. The molecule has 0 heterocycles. The highest BCUT2D eigenvalue weighted by Crippen LogP contribution is 2.29. The molecule has 2 rings (SSSR count). The van der Waals surface area contributed by atoms with Gasteiger partial charge in [0.05, 0.1) is 0 Å².